The van der Waals surface area contributed by atoms with E-state index >= 15 is 0 Å². The quantitative estimate of drug-likeness (QED) is 0.697. The molecule has 1 aliphatic rings. The van der Waals surface area contributed by atoms with Gasteiger partial charge < -0.3 is 20.2 Å². The number of rotatable bonds is 4. The number of pyridine rings is 1. The Balaban J connectivity index is 1.52. The van der Waals surface area contributed by atoms with Gasteiger partial charge >= 0.3 is 6.09 Å². The topological polar surface area (TPSA) is 94.5 Å². The minimum absolute atomic E-state index is 0.450. The molecule has 8 nitrogen and oxygen atoms in total. The highest BCUT2D eigenvalue weighted by Crippen LogP contribution is 2.24. The zero-order valence-corrected chi connectivity index (χ0v) is 15.8. The lowest BCUT2D eigenvalue weighted by Gasteiger charge is -2.34. The number of aromatic nitrogens is 3. The third-order valence-corrected chi connectivity index (χ3v) is 5.10. The van der Waals surface area contributed by atoms with Gasteiger partial charge in [0.1, 0.15) is 5.82 Å². The minimum atomic E-state index is -0.886. The summed E-state index contributed by atoms with van der Waals surface area (Å²) in [7, 11) is 0. The van der Waals surface area contributed by atoms with Crippen molar-refractivity contribution >= 4 is 40.4 Å². The molecule has 4 rings (SSSR count). The number of benzene rings is 1. The first-order valence-corrected chi connectivity index (χ1v) is 9.31. The fourth-order valence-corrected chi connectivity index (χ4v) is 3.41. The maximum Gasteiger partial charge on any atom is 0.407 e. The molecule has 1 saturated heterocycles. The third-order valence-electron chi connectivity index (χ3n) is 4.73. The molecule has 0 aliphatic carbocycles. The Morgan fingerprint density at radius 3 is 2.68 bits per heavy atom. The van der Waals surface area contributed by atoms with Crippen LogP contribution in [0, 0.1) is 0 Å². The van der Waals surface area contributed by atoms with Crippen molar-refractivity contribution < 1.29 is 9.90 Å². The highest BCUT2D eigenvalue weighted by atomic mass is 35.5. The Kier molecular flexibility index (Phi) is 5.12. The van der Waals surface area contributed by atoms with E-state index in [0.717, 1.165) is 22.3 Å². The first-order valence-electron chi connectivity index (χ1n) is 8.93. The van der Waals surface area contributed by atoms with Crippen LogP contribution in [0.15, 0.2) is 42.7 Å². The van der Waals surface area contributed by atoms with E-state index in [9.17, 15) is 4.79 Å². The Morgan fingerprint density at radius 2 is 1.93 bits per heavy atom. The number of piperazine rings is 1. The Hall–Kier alpha value is -3.13. The van der Waals surface area contributed by atoms with Crippen molar-refractivity contribution in [1.29, 1.82) is 0 Å². The summed E-state index contributed by atoms with van der Waals surface area (Å²) >= 11 is 6.19. The van der Waals surface area contributed by atoms with E-state index < -0.39 is 6.09 Å². The molecular formula is C19H19ClN6O2. The van der Waals surface area contributed by atoms with Crippen LogP contribution in [0.4, 0.5) is 16.6 Å². The SMILES string of the molecule is O=C(O)N1CCN(c2nccc3nc(NCc4ccccc4Cl)ncc23)CC1. The van der Waals surface area contributed by atoms with E-state index in [1.165, 1.54) is 4.90 Å². The van der Waals surface area contributed by atoms with E-state index in [1.54, 1.807) is 12.4 Å². The second-order valence-electron chi connectivity index (χ2n) is 6.46. The predicted octanol–water partition coefficient (Wildman–Crippen LogP) is 3.09. The molecule has 1 aliphatic heterocycles. The van der Waals surface area contributed by atoms with E-state index in [-0.39, 0.29) is 0 Å². The van der Waals surface area contributed by atoms with E-state index in [1.807, 2.05) is 30.3 Å². The van der Waals surface area contributed by atoms with Crippen molar-refractivity contribution in [2.24, 2.45) is 0 Å². The number of fused-ring (bicyclic) bond motifs is 1. The number of carbonyl (C=O) groups is 1. The molecule has 0 atom stereocenters. The summed E-state index contributed by atoms with van der Waals surface area (Å²) < 4.78 is 0. The first kappa shape index (κ1) is 18.2. The van der Waals surface area contributed by atoms with Gasteiger partial charge in [-0.3, -0.25) is 0 Å². The molecule has 0 spiro atoms. The summed E-state index contributed by atoms with van der Waals surface area (Å²) in [6.45, 7) is 2.60. The van der Waals surface area contributed by atoms with E-state index in [0.29, 0.717) is 43.7 Å². The first-order chi connectivity index (χ1) is 13.6. The molecule has 1 fully saturated rings. The second-order valence-corrected chi connectivity index (χ2v) is 6.87. The Labute approximate surface area is 166 Å². The second kappa shape index (κ2) is 7.85. The smallest absolute Gasteiger partial charge is 0.407 e. The van der Waals surface area contributed by atoms with Gasteiger partial charge in [-0.1, -0.05) is 29.8 Å². The Morgan fingerprint density at radius 1 is 1.14 bits per heavy atom. The molecule has 9 heteroatoms. The van der Waals surface area contributed by atoms with Crippen LogP contribution in [-0.2, 0) is 6.54 Å². The van der Waals surface area contributed by atoms with Crippen LogP contribution in [0.3, 0.4) is 0 Å². The molecule has 2 N–H and O–H groups in total. The van der Waals surface area contributed by atoms with Crippen LogP contribution in [0.1, 0.15) is 5.56 Å². The summed E-state index contributed by atoms with van der Waals surface area (Å²) in [6, 6.07) is 9.47. The van der Waals surface area contributed by atoms with Crippen LogP contribution in [0.5, 0.6) is 0 Å². The van der Waals surface area contributed by atoms with E-state index in [4.69, 9.17) is 16.7 Å². The minimum Gasteiger partial charge on any atom is -0.465 e. The number of anilines is 2. The maximum atomic E-state index is 11.1. The van der Waals surface area contributed by atoms with Gasteiger partial charge in [-0.15, -0.1) is 0 Å². The van der Waals surface area contributed by atoms with Gasteiger partial charge in [0.25, 0.3) is 0 Å². The van der Waals surface area contributed by atoms with Gasteiger partial charge in [0, 0.05) is 50.1 Å². The van der Waals surface area contributed by atoms with Crippen LogP contribution in [-0.4, -0.2) is 57.2 Å². The molecule has 3 aromatic rings. The lowest BCUT2D eigenvalue weighted by molar-refractivity contribution is 0.142. The number of hydrogen-bond acceptors (Lipinski definition) is 6. The molecule has 144 valence electrons. The average Bonchev–Trinajstić information content (AvgIpc) is 2.72. The number of nitrogens with one attached hydrogen (secondary N) is 1. The number of amides is 1. The monoisotopic (exact) mass is 398 g/mol. The fraction of sp³-hybridized carbons (Fsp3) is 0.263. The zero-order valence-electron chi connectivity index (χ0n) is 15.0. The van der Waals surface area contributed by atoms with Crippen LogP contribution in [0.2, 0.25) is 5.02 Å². The lowest BCUT2D eigenvalue weighted by Crippen LogP contribution is -2.48. The van der Waals surface area contributed by atoms with Crippen molar-refractivity contribution in [3.8, 4) is 0 Å². The van der Waals surface area contributed by atoms with Crippen molar-refractivity contribution in [3.63, 3.8) is 0 Å². The number of hydrogen-bond donors (Lipinski definition) is 2. The molecule has 0 bridgehead atoms. The summed E-state index contributed by atoms with van der Waals surface area (Å²) in [5.74, 6) is 1.29. The molecule has 0 unspecified atom stereocenters. The number of halogens is 1. The zero-order chi connectivity index (χ0) is 19.5. The predicted molar refractivity (Wildman–Crippen MR) is 108 cm³/mol. The average molecular weight is 399 g/mol. The molecule has 1 aromatic carbocycles. The number of nitrogens with zero attached hydrogens (tertiary/aromatic N) is 5. The van der Waals surface area contributed by atoms with Gasteiger partial charge in [-0.2, -0.15) is 0 Å². The normalized spacial score (nSPS) is 14.3. The van der Waals surface area contributed by atoms with Crippen LogP contribution in [0.25, 0.3) is 10.9 Å². The highest BCUT2D eigenvalue weighted by Gasteiger charge is 2.22. The van der Waals surface area contributed by atoms with E-state index in [2.05, 4.69) is 25.2 Å². The van der Waals surface area contributed by atoms with Crippen molar-refractivity contribution in [1.82, 2.24) is 19.9 Å². The van der Waals surface area contributed by atoms with Crippen LogP contribution < -0.4 is 10.2 Å². The molecule has 0 radical (unpaired) electrons. The lowest BCUT2D eigenvalue weighted by atomic mass is 10.2. The van der Waals surface area contributed by atoms with Gasteiger partial charge in [-0.05, 0) is 17.7 Å². The summed E-state index contributed by atoms with van der Waals surface area (Å²) in [6.07, 6.45) is 2.58. The molecule has 0 saturated carbocycles. The molecule has 3 heterocycles. The molecule has 28 heavy (non-hydrogen) atoms. The number of carboxylic acid groups (broad SMARTS) is 1. The van der Waals surface area contributed by atoms with Crippen molar-refractivity contribution in [2.45, 2.75) is 6.54 Å². The van der Waals surface area contributed by atoms with Gasteiger partial charge in [-0.25, -0.2) is 19.7 Å². The highest BCUT2D eigenvalue weighted by molar-refractivity contribution is 6.31. The van der Waals surface area contributed by atoms with Gasteiger partial charge in [0.2, 0.25) is 5.95 Å². The van der Waals surface area contributed by atoms with Crippen LogP contribution >= 0.6 is 11.6 Å². The standard InChI is InChI=1S/C19H19ClN6O2/c20-15-4-2-1-3-13(15)11-22-18-23-12-14-16(24-18)5-6-21-17(14)25-7-9-26(10-8-25)19(27)28/h1-6,12H,7-11H2,(H,27,28)(H,22,23,24). The fourth-order valence-electron chi connectivity index (χ4n) is 3.21. The maximum absolute atomic E-state index is 11.1. The molecular weight excluding hydrogens is 380 g/mol. The van der Waals surface area contributed by atoms with Gasteiger partial charge in [0.05, 0.1) is 10.9 Å². The molecule has 2 aromatic heterocycles. The molecule has 1 amide bonds. The summed E-state index contributed by atoms with van der Waals surface area (Å²) in [4.78, 5) is 28.0. The van der Waals surface area contributed by atoms with Crippen molar-refractivity contribution in [2.75, 3.05) is 36.4 Å². The van der Waals surface area contributed by atoms with Gasteiger partial charge in [0.15, 0.2) is 0 Å². The van der Waals surface area contributed by atoms with Crippen molar-refractivity contribution in [3.05, 3.63) is 53.3 Å². The Bertz CT molecular complexity index is 1010. The third kappa shape index (κ3) is 3.77. The summed E-state index contributed by atoms with van der Waals surface area (Å²) in [5.41, 5.74) is 1.75. The summed E-state index contributed by atoms with van der Waals surface area (Å²) in [5, 5.41) is 13.8. The largest absolute Gasteiger partial charge is 0.465 e.